The minimum Gasteiger partial charge on any atom is -0.497 e. The van der Waals surface area contributed by atoms with Crippen molar-refractivity contribution in [2.45, 2.75) is 0 Å². The van der Waals surface area contributed by atoms with Gasteiger partial charge >= 0.3 is 0 Å². The number of benzene rings is 2. The molecule has 0 saturated heterocycles. The molecule has 0 radical (unpaired) electrons. The molecule has 0 unspecified atom stereocenters. The molecule has 2 aromatic carbocycles. The Hall–Kier alpha value is -1.78. The van der Waals surface area contributed by atoms with Crippen molar-refractivity contribution in [3.8, 4) is 5.75 Å². The molecule has 0 N–H and O–H groups in total. The molecule has 5 heteroatoms. The van der Waals surface area contributed by atoms with Gasteiger partial charge in [-0.1, -0.05) is 22.9 Å². The summed E-state index contributed by atoms with van der Waals surface area (Å²) in [6.45, 7) is 0. The van der Waals surface area contributed by atoms with Gasteiger partial charge in [-0.05, 0) is 42.5 Å². The molecule has 0 amide bonds. The number of fused-ring (bicyclic) bond motifs is 1. The van der Waals surface area contributed by atoms with Crippen molar-refractivity contribution in [1.82, 2.24) is 0 Å². The van der Waals surface area contributed by atoms with Gasteiger partial charge in [0.2, 0.25) is 0 Å². The van der Waals surface area contributed by atoms with Crippen LogP contribution in [0.3, 0.4) is 0 Å². The van der Waals surface area contributed by atoms with E-state index in [-0.39, 0.29) is 0 Å². The van der Waals surface area contributed by atoms with Gasteiger partial charge in [0.1, 0.15) is 11.3 Å². The number of rotatable bonds is 2. The molecular formula is C14H10ClNO2S. The summed E-state index contributed by atoms with van der Waals surface area (Å²) in [5.74, 6) is 0.805. The van der Waals surface area contributed by atoms with Crippen LogP contribution in [-0.4, -0.2) is 7.11 Å². The zero-order valence-corrected chi connectivity index (χ0v) is 11.7. The lowest BCUT2D eigenvalue weighted by molar-refractivity contribution is 0.415. The Morgan fingerprint density at radius 1 is 1.16 bits per heavy atom. The lowest BCUT2D eigenvalue weighted by atomic mass is 10.3. The molecule has 19 heavy (non-hydrogen) atoms. The SMILES string of the molecule is COc1ccc(N=c2oc3ccc(Cl)cc3s2)cc1. The van der Waals surface area contributed by atoms with Crippen LogP contribution in [0.2, 0.25) is 5.02 Å². The van der Waals surface area contributed by atoms with Gasteiger partial charge in [-0.3, -0.25) is 0 Å². The standard InChI is InChI=1S/C14H10ClNO2S/c1-17-11-5-3-10(4-6-11)16-14-18-12-7-2-9(15)8-13(12)19-14/h2-8H,1H3. The van der Waals surface area contributed by atoms with Crippen molar-refractivity contribution >= 4 is 38.9 Å². The van der Waals surface area contributed by atoms with E-state index in [9.17, 15) is 0 Å². The molecule has 0 aliphatic carbocycles. The van der Waals surface area contributed by atoms with Crippen LogP contribution in [0.15, 0.2) is 51.9 Å². The minimum atomic E-state index is 0.599. The van der Waals surface area contributed by atoms with Gasteiger partial charge in [-0.25, -0.2) is 4.99 Å². The van der Waals surface area contributed by atoms with Crippen molar-refractivity contribution < 1.29 is 9.15 Å². The van der Waals surface area contributed by atoms with E-state index in [1.165, 1.54) is 11.3 Å². The molecular weight excluding hydrogens is 282 g/mol. The number of nitrogens with zero attached hydrogens (tertiary/aromatic N) is 1. The maximum atomic E-state index is 5.94. The Labute approximate surface area is 118 Å². The average Bonchev–Trinajstić information content (AvgIpc) is 2.81. The van der Waals surface area contributed by atoms with E-state index in [0.717, 1.165) is 21.7 Å². The maximum Gasteiger partial charge on any atom is 0.279 e. The lowest BCUT2D eigenvalue weighted by Gasteiger charge is -1.97. The number of hydrogen-bond acceptors (Lipinski definition) is 4. The Morgan fingerprint density at radius 3 is 2.68 bits per heavy atom. The number of ether oxygens (including phenoxy) is 1. The van der Waals surface area contributed by atoms with E-state index in [2.05, 4.69) is 4.99 Å². The van der Waals surface area contributed by atoms with Crippen LogP contribution < -0.4 is 9.60 Å². The molecule has 0 fully saturated rings. The quantitative estimate of drug-likeness (QED) is 0.702. The topological polar surface area (TPSA) is 34.7 Å². The fourth-order valence-electron chi connectivity index (χ4n) is 1.66. The molecule has 96 valence electrons. The fraction of sp³-hybridized carbons (Fsp3) is 0.0714. The monoisotopic (exact) mass is 291 g/mol. The van der Waals surface area contributed by atoms with Crippen LogP contribution in [0, 0.1) is 0 Å². The van der Waals surface area contributed by atoms with Crippen molar-refractivity contribution in [3.05, 3.63) is 52.4 Å². The van der Waals surface area contributed by atoms with E-state index in [0.29, 0.717) is 9.89 Å². The Morgan fingerprint density at radius 2 is 1.95 bits per heavy atom. The first-order valence-corrected chi connectivity index (χ1v) is 6.82. The van der Waals surface area contributed by atoms with E-state index < -0.39 is 0 Å². The molecule has 1 heterocycles. The van der Waals surface area contributed by atoms with Crippen LogP contribution >= 0.6 is 22.9 Å². The summed E-state index contributed by atoms with van der Waals surface area (Å²) < 4.78 is 11.7. The predicted molar refractivity (Wildman–Crippen MR) is 77.3 cm³/mol. The second-order valence-corrected chi connectivity index (χ2v) is 5.30. The highest BCUT2D eigenvalue weighted by atomic mass is 35.5. The highest BCUT2D eigenvalue weighted by Gasteiger charge is 2.01. The van der Waals surface area contributed by atoms with Gasteiger partial charge in [0.05, 0.1) is 17.5 Å². The largest absolute Gasteiger partial charge is 0.497 e. The second-order valence-electron chi connectivity index (χ2n) is 3.87. The zero-order valence-electron chi connectivity index (χ0n) is 10.1. The van der Waals surface area contributed by atoms with Gasteiger partial charge in [0.25, 0.3) is 4.87 Å². The molecule has 0 saturated carbocycles. The van der Waals surface area contributed by atoms with Crippen molar-refractivity contribution in [3.63, 3.8) is 0 Å². The maximum absolute atomic E-state index is 5.94. The third-order valence-corrected chi connectivity index (χ3v) is 3.72. The summed E-state index contributed by atoms with van der Waals surface area (Å²) in [5, 5.41) is 0.695. The van der Waals surface area contributed by atoms with Crippen LogP contribution in [0.4, 0.5) is 5.69 Å². The Kier molecular flexibility index (Phi) is 3.27. The summed E-state index contributed by atoms with van der Waals surface area (Å²) in [6, 6.07) is 13.0. The molecule has 0 spiro atoms. The van der Waals surface area contributed by atoms with E-state index in [1.54, 1.807) is 13.2 Å². The van der Waals surface area contributed by atoms with Gasteiger partial charge in [0, 0.05) is 5.02 Å². The smallest absolute Gasteiger partial charge is 0.279 e. The molecule has 0 aliphatic heterocycles. The zero-order chi connectivity index (χ0) is 13.2. The highest BCUT2D eigenvalue weighted by molar-refractivity contribution is 7.16. The predicted octanol–water partition coefficient (Wildman–Crippen LogP) is 4.39. The average molecular weight is 292 g/mol. The van der Waals surface area contributed by atoms with Gasteiger partial charge in [-0.15, -0.1) is 0 Å². The summed E-state index contributed by atoms with van der Waals surface area (Å²) in [5.41, 5.74) is 1.61. The third kappa shape index (κ3) is 2.64. The highest BCUT2D eigenvalue weighted by Crippen LogP contribution is 2.22. The molecule has 0 atom stereocenters. The van der Waals surface area contributed by atoms with Crippen molar-refractivity contribution in [2.75, 3.05) is 7.11 Å². The molecule has 1 aromatic heterocycles. The molecule has 3 aromatic rings. The molecule has 3 rings (SSSR count). The van der Waals surface area contributed by atoms with E-state index >= 15 is 0 Å². The first-order valence-electron chi connectivity index (χ1n) is 5.62. The summed E-state index contributed by atoms with van der Waals surface area (Å²) in [6.07, 6.45) is 0. The van der Waals surface area contributed by atoms with Gasteiger partial charge in [-0.2, -0.15) is 0 Å². The first kappa shape index (κ1) is 12.3. The van der Waals surface area contributed by atoms with Gasteiger partial charge < -0.3 is 9.15 Å². The molecule has 0 aliphatic rings. The second kappa shape index (κ2) is 5.07. The Balaban J connectivity index is 2.04. The number of halogens is 1. The van der Waals surface area contributed by atoms with Gasteiger partial charge in [0.15, 0.2) is 0 Å². The van der Waals surface area contributed by atoms with Crippen LogP contribution in [0.5, 0.6) is 5.75 Å². The van der Waals surface area contributed by atoms with Crippen molar-refractivity contribution in [2.24, 2.45) is 4.99 Å². The Bertz CT molecular complexity index is 774. The summed E-state index contributed by atoms with van der Waals surface area (Å²) >= 11 is 7.41. The van der Waals surface area contributed by atoms with Crippen LogP contribution in [0.1, 0.15) is 0 Å². The van der Waals surface area contributed by atoms with E-state index in [1.807, 2.05) is 36.4 Å². The minimum absolute atomic E-state index is 0.599. The number of hydrogen-bond donors (Lipinski definition) is 0. The van der Waals surface area contributed by atoms with Crippen molar-refractivity contribution in [1.29, 1.82) is 0 Å². The normalized spacial score (nSPS) is 12.0. The number of methoxy groups -OCH3 is 1. The third-order valence-electron chi connectivity index (χ3n) is 2.59. The van der Waals surface area contributed by atoms with Crippen LogP contribution in [0.25, 0.3) is 10.3 Å². The molecule has 3 nitrogen and oxygen atoms in total. The van der Waals surface area contributed by atoms with Crippen LogP contribution in [-0.2, 0) is 0 Å². The van der Waals surface area contributed by atoms with E-state index in [4.69, 9.17) is 20.8 Å². The fourth-order valence-corrected chi connectivity index (χ4v) is 2.77. The lowest BCUT2D eigenvalue weighted by Crippen LogP contribution is -1.87. The molecule has 0 bridgehead atoms. The first-order chi connectivity index (χ1) is 9.24. The summed E-state index contributed by atoms with van der Waals surface area (Å²) in [4.78, 5) is 5.04. The summed E-state index contributed by atoms with van der Waals surface area (Å²) in [7, 11) is 1.64.